The highest BCUT2D eigenvalue weighted by atomic mass is 32.2. The molecule has 0 aromatic rings. The molecule has 0 spiro atoms. The van der Waals surface area contributed by atoms with E-state index in [9.17, 15) is 22.8 Å². The molecule has 0 aromatic heterocycles. The molecule has 1 aliphatic rings. The van der Waals surface area contributed by atoms with Crippen LogP contribution in [-0.4, -0.2) is 53.5 Å². The van der Waals surface area contributed by atoms with Crippen molar-refractivity contribution in [2.24, 2.45) is 0 Å². The Bertz CT molecular complexity index is 654. The van der Waals surface area contributed by atoms with E-state index < -0.39 is 27.3 Å². The number of hydrogen-bond acceptors (Lipinski definition) is 6. The van der Waals surface area contributed by atoms with E-state index in [0.717, 1.165) is 25.3 Å². The Labute approximate surface area is 160 Å². The number of amides is 2. The first-order valence-electron chi connectivity index (χ1n) is 7.88. The molecule has 27 heavy (non-hydrogen) atoms. The summed E-state index contributed by atoms with van der Waals surface area (Å²) in [6.07, 6.45) is 5.42. The molecular weight excluding hydrogens is 376 g/mol. The maximum atomic E-state index is 10.8. The molecule has 154 valence electrons. The Balaban J connectivity index is 0. The molecular formula is C17H28N2O7S. The molecule has 2 amide bonds. The number of nitrogens with zero attached hydrogens (tertiary/aromatic N) is 1. The van der Waals surface area contributed by atoms with E-state index in [1.807, 2.05) is 0 Å². The van der Waals surface area contributed by atoms with Crippen LogP contribution in [0, 0.1) is 0 Å². The number of carbonyl (C=O) groups excluding carboxylic acids is 3. The molecule has 0 atom stereocenters. The molecule has 0 unspecified atom stereocenters. The molecule has 0 bridgehead atoms. The van der Waals surface area contributed by atoms with E-state index >= 15 is 0 Å². The van der Waals surface area contributed by atoms with E-state index in [-0.39, 0.29) is 11.9 Å². The molecule has 0 saturated carbocycles. The van der Waals surface area contributed by atoms with Crippen molar-refractivity contribution in [3.63, 3.8) is 0 Å². The van der Waals surface area contributed by atoms with Crippen LogP contribution in [0.3, 0.4) is 0 Å². The minimum atomic E-state index is -4.08. The zero-order chi connectivity index (χ0) is 21.7. The van der Waals surface area contributed by atoms with Gasteiger partial charge in [0.05, 0.1) is 17.6 Å². The fraction of sp³-hybridized carbons (Fsp3) is 0.471. The summed E-state index contributed by atoms with van der Waals surface area (Å²) in [5.41, 5.74) is -1.00. The predicted octanol–water partition coefficient (Wildman–Crippen LogP) is 1.40. The third kappa shape index (κ3) is 16.7. The van der Waals surface area contributed by atoms with Crippen molar-refractivity contribution in [3.05, 3.63) is 38.3 Å². The van der Waals surface area contributed by atoms with Gasteiger partial charge in [-0.2, -0.15) is 8.42 Å². The molecule has 0 radical (unpaired) electrons. The van der Waals surface area contributed by atoms with Gasteiger partial charge in [0.2, 0.25) is 11.8 Å². The van der Waals surface area contributed by atoms with E-state index in [0.29, 0.717) is 6.42 Å². The number of esters is 1. The molecule has 1 heterocycles. The molecule has 0 aliphatic carbocycles. The lowest BCUT2D eigenvalue weighted by Gasteiger charge is -2.23. The van der Waals surface area contributed by atoms with Gasteiger partial charge in [-0.25, -0.2) is 0 Å². The Kier molecular flexibility index (Phi) is 12.7. The summed E-state index contributed by atoms with van der Waals surface area (Å²) in [5, 5.41) is 2.37. The first-order chi connectivity index (χ1) is 12.3. The number of ether oxygens (including phenoxy) is 1. The number of rotatable bonds is 6. The van der Waals surface area contributed by atoms with Gasteiger partial charge >= 0.3 is 5.97 Å². The third-order valence-corrected chi connectivity index (χ3v) is 3.86. The molecule has 2 N–H and O–H groups in total. The highest BCUT2D eigenvalue weighted by Gasteiger charge is 2.25. The third-order valence-electron chi connectivity index (χ3n) is 2.77. The van der Waals surface area contributed by atoms with Crippen molar-refractivity contribution in [2.75, 3.05) is 12.3 Å². The van der Waals surface area contributed by atoms with Crippen molar-refractivity contribution >= 4 is 27.9 Å². The van der Waals surface area contributed by atoms with Crippen molar-refractivity contribution < 1.29 is 32.1 Å². The summed E-state index contributed by atoms with van der Waals surface area (Å²) in [4.78, 5) is 32.9. The van der Waals surface area contributed by atoms with Gasteiger partial charge in [0.25, 0.3) is 10.1 Å². The lowest BCUT2D eigenvalue weighted by atomic mass is 10.1. The number of nitrogens with one attached hydrogen (secondary N) is 1. The van der Waals surface area contributed by atoms with Crippen LogP contribution in [0.4, 0.5) is 0 Å². The Hall–Kier alpha value is -2.46. The first-order valence-corrected chi connectivity index (χ1v) is 9.48. The van der Waals surface area contributed by atoms with Gasteiger partial charge in [0, 0.05) is 19.9 Å². The van der Waals surface area contributed by atoms with Crippen molar-refractivity contribution in [3.8, 4) is 0 Å². The second-order valence-electron chi connectivity index (χ2n) is 5.95. The quantitative estimate of drug-likeness (QED) is 0.296. The second-order valence-corrected chi connectivity index (χ2v) is 7.41. The first kappa shape index (κ1) is 26.8. The summed E-state index contributed by atoms with van der Waals surface area (Å²) >= 11 is 0. The van der Waals surface area contributed by atoms with Gasteiger partial charge in [-0.1, -0.05) is 19.7 Å². The Morgan fingerprint density at radius 2 is 1.89 bits per heavy atom. The molecule has 9 nitrogen and oxygen atoms in total. The lowest BCUT2D eigenvalue weighted by molar-refractivity contribution is -0.135. The van der Waals surface area contributed by atoms with Crippen molar-refractivity contribution in [1.29, 1.82) is 0 Å². The van der Waals surface area contributed by atoms with Crippen LogP contribution in [0.5, 0.6) is 0 Å². The molecule has 10 heteroatoms. The maximum absolute atomic E-state index is 10.8. The van der Waals surface area contributed by atoms with Crippen LogP contribution in [0.25, 0.3) is 0 Å². The molecule has 1 rings (SSSR count). The van der Waals surface area contributed by atoms with Crippen LogP contribution >= 0.6 is 0 Å². The van der Waals surface area contributed by atoms with Gasteiger partial charge in [0.15, 0.2) is 0 Å². The van der Waals surface area contributed by atoms with Crippen molar-refractivity contribution in [1.82, 2.24) is 10.2 Å². The molecule has 1 aliphatic heterocycles. The lowest BCUT2D eigenvalue weighted by Crippen LogP contribution is -2.47. The van der Waals surface area contributed by atoms with Crippen molar-refractivity contribution in [2.45, 2.75) is 39.2 Å². The van der Waals surface area contributed by atoms with Gasteiger partial charge in [0.1, 0.15) is 0 Å². The minimum Gasteiger partial charge on any atom is -0.435 e. The second kappa shape index (κ2) is 12.8. The zero-order valence-electron chi connectivity index (χ0n) is 15.9. The minimum absolute atomic E-state index is 0.208. The van der Waals surface area contributed by atoms with Crippen LogP contribution in [0.2, 0.25) is 0 Å². The van der Waals surface area contributed by atoms with E-state index in [1.54, 1.807) is 11.1 Å². The monoisotopic (exact) mass is 404 g/mol. The maximum Gasteiger partial charge on any atom is 0.307 e. The largest absolute Gasteiger partial charge is 0.435 e. The average Bonchev–Trinajstić information content (AvgIpc) is 2.90. The Morgan fingerprint density at radius 1 is 1.33 bits per heavy atom. The van der Waals surface area contributed by atoms with Gasteiger partial charge in [-0.15, -0.1) is 0 Å². The van der Waals surface area contributed by atoms with E-state index in [1.165, 1.54) is 20.8 Å². The summed E-state index contributed by atoms with van der Waals surface area (Å²) in [5.74, 6) is -1.13. The molecule has 0 aromatic carbocycles. The van der Waals surface area contributed by atoms with E-state index in [4.69, 9.17) is 4.55 Å². The highest BCUT2D eigenvalue weighted by molar-refractivity contribution is 7.85. The summed E-state index contributed by atoms with van der Waals surface area (Å²) in [7, 11) is -4.08. The molecule has 1 saturated heterocycles. The average molecular weight is 404 g/mol. The molecule has 1 fully saturated rings. The van der Waals surface area contributed by atoms with Gasteiger partial charge in [-0.3, -0.25) is 18.9 Å². The summed E-state index contributed by atoms with van der Waals surface area (Å²) in [6.45, 7) is 15.0. The highest BCUT2D eigenvalue weighted by Crippen LogP contribution is 2.08. The topological polar surface area (TPSA) is 130 Å². The summed E-state index contributed by atoms with van der Waals surface area (Å²) < 4.78 is 33.7. The fourth-order valence-corrected chi connectivity index (χ4v) is 2.84. The Morgan fingerprint density at radius 3 is 2.11 bits per heavy atom. The summed E-state index contributed by atoms with van der Waals surface area (Å²) in [6, 6.07) is 0. The van der Waals surface area contributed by atoms with Crippen LogP contribution in [0.1, 0.15) is 33.6 Å². The smallest absolute Gasteiger partial charge is 0.307 e. The van der Waals surface area contributed by atoms with E-state index in [2.05, 4.69) is 29.8 Å². The SMILES string of the molecule is C=CC(=O)NC(C)(C)CS(=O)(=O)O.C=CN1CCCC1=O.C=COC(C)=O. The fourth-order valence-electron chi connectivity index (χ4n) is 1.86. The standard InChI is InChI=1S/C7H13NO4S.C6H9NO.C4H6O2/c1-4-6(9)8-7(2,3)5-13(10,11)12;1-2-7-5-3-4-6(7)8;1-3-6-4(2)5/h4H,1,5H2,2-3H3,(H,8,9)(H,10,11,12);2H,1,3-5H2;3H,1H2,2H3. The zero-order valence-corrected chi connectivity index (χ0v) is 16.8. The van der Waals surface area contributed by atoms with Gasteiger partial charge in [-0.05, 0) is 32.5 Å². The number of carbonyl (C=O) groups is 3. The van der Waals surface area contributed by atoms with Crippen LogP contribution in [0.15, 0.2) is 38.3 Å². The number of hydrogen-bond donors (Lipinski definition) is 2. The van der Waals surface area contributed by atoms with Crippen LogP contribution < -0.4 is 5.32 Å². The predicted molar refractivity (Wildman–Crippen MR) is 102 cm³/mol. The van der Waals surface area contributed by atoms with Crippen LogP contribution in [-0.2, 0) is 29.2 Å². The number of likely N-dealkylation sites (tertiary alicyclic amines) is 1. The normalized spacial score (nSPS) is 13.2. The van der Waals surface area contributed by atoms with Gasteiger partial charge < -0.3 is 15.0 Å².